The third-order valence-electron chi connectivity index (χ3n) is 15.0. The van der Waals surface area contributed by atoms with Gasteiger partial charge in [0.05, 0.1) is 28.8 Å². The minimum Gasteiger partial charge on any atom is -0.481 e. The summed E-state index contributed by atoms with van der Waals surface area (Å²) in [5.74, 6) is 1.48. The highest BCUT2D eigenvalue weighted by Crippen LogP contribution is 2.76. The summed E-state index contributed by atoms with van der Waals surface area (Å²) >= 11 is 6.05. The summed E-state index contributed by atoms with van der Waals surface area (Å²) in [6.07, 6.45) is 14.7. The number of carbonyl (C=O) groups excluding carboxylic acids is 2. The number of aromatic nitrogens is 2. The van der Waals surface area contributed by atoms with Crippen molar-refractivity contribution in [2.75, 3.05) is 6.54 Å². The van der Waals surface area contributed by atoms with Gasteiger partial charge in [0, 0.05) is 24.2 Å². The quantitative estimate of drug-likeness (QED) is 0.293. The SMILES string of the molecule is CC(C)(CC(=O)OC1CCC2(C)C(CCC3(C)C2CCC2C4=CC(=O)CC4(C4=NCC=C(c5ncc(Cl)cn5)O4)CCC23C)C1(C)C)C(=O)O. The van der Waals surface area contributed by atoms with Crippen LogP contribution in [0.5, 0.6) is 0 Å². The molecule has 8 unspecified atom stereocenters. The molecule has 7 rings (SSSR count). The number of carbonyl (C=O) groups is 3. The number of hydrogen-bond donors (Lipinski definition) is 1. The summed E-state index contributed by atoms with van der Waals surface area (Å²) in [5.41, 5.74) is -0.627. The van der Waals surface area contributed by atoms with Crippen LogP contribution in [0.1, 0.15) is 118 Å². The molecule has 1 aliphatic heterocycles. The van der Waals surface area contributed by atoms with E-state index in [1.165, 1.54) is 5.57 Å². The maximum atomic E-state index is 13.4. The van der Waals surface area contributed by atoms with E-state index in [0.29, 0.717) is 47.3 Å². The van der Waals surface area contributed by atoms with E-state index in [0.717, 1.165) is 51.4 Å². The van der Waals surface area contributed by atoms with Crippen LogP contribution in [0.4, 0.5) is 0 Å². The third-order valence-corrected chi connectivity index (χ3v) is 15.2. The Morgan fingerprint density at radius 1 is 0.980 bits per heavy atom. The molecule has 270 valence electrons. The van der Waals surface area contributed by atoms with Crippen LogP contribution in [-0.2, 0) is 23.9 Å². The van der Waals surface area contributed by atoms with Crippen LogP contribution in [0.25, 0.3) is 5.76 Å². The molecular formula is C40H52ClN3O6. The van der Waals surface area contributed by atoms with Crippen molar-refractivity contribution in [3.63, 3.8) is 0 Å². The minimum absolute atomic E-state index is 0.00704. The van der Waals surface area contributed by atoms with Crippen molar-refractivity contribution in [3.05, 3.63) is 41.0 Å². The van der Waals surface area contributed by atoms with E-state index in [-0.39, 0.29) is 45.9 Å². The van der Waals surface area contributed by atoms with Crippen LogP contribution in [0, 0.1) is 50.2 Å². The lowest BCUT2D eigenvalue weighted by molar-refractivity contribution is -0.232. The minimum atomic E-state index is -1.16. The number of allylic oxidation sites excluding steroid dienone is 1. The van der Waals surface area contributed by atoms with Crippen molar-refractivity contribution >= 4 is 41.0 Å². The predicted molar refractivity (Wildman–Crippen MR) is 190 cm³/mol. The summed E-state index contributed by atoms with van der Waals surface area (Å²) in [4.78, 5) is 51.8. The average Bonchev–Trinajstić information content (AvgIpc) is 3.40. The lowest BCUT2D eigenvalue weighted by atomic mass is 9.33. The van der Waals surface area contributed by atoms with Crippen molar-refractivity contribution in [1.82, 2.24) is 9.97 Å². The molecule has 0 aromatic carbocycles. The number of nitrogens with zero attached hydrogens (tertiary/aromatic N) is 3. The van der Waals surface area contributed by atoms with Gasteiger partial charge < -0.3 is 14.6 Å². The Labute approximate surface area is 300 Å². The molecule has 0 bridgehead atoms. The van der Waals surface area contributed by atoms with Crippen molar-refractivity contribution in [2.24, 2.45) is 55.2 Å². The molecule has 0 saturated heterocycles. The number of esters is 1. The standard InChI is InChI=1S/C40H52ClN3O6/c1-35(2,34(47)48)20-31(46)50-30-11-13-37(5)28(36(30,3)4)10-14-39(7)29(37)9-8-25-26-18-24(45)19-40(26,16-15-38(25,39)6)33-42-17-12-27(49-33)32-43-21-23(41)22-44-32/h12,18,21-22,25,28-30H,8-11,13-17,19-20H2,1-7H3,(H,47,48). The zero-order valence-corrected chi connectivity index (χ0v) is 31.4. The first-order valence-corrected chi connectivity index (χ1v) is 18.8. The van der Waals surface area contributed by atoms with Gasteiger partial charge in [0.2, 0.25) is 5.90 Å². The number of carboxylic acid groups (broad SMARTS) is 1. The number of rotatable bonds is 6. The van der Waals surface area contributed by atoms with E-state index in [1.54, 1.807) is 26.2 Å². The van der Waals surface area contributed by atoms with E-state index < -0.39 is 22.8 Å². The smallest absolute Gasteiger partial charge is 0.309 e. The fourth-order valence-corrected chi connectivity index (χ4v) is 12.2. The molecule has 0 radical (unpaired) electrons. The van der Waals surface area contributed by atoms with E-state index in [2.05, 4.69) is 44.6 Å². The van der Waals surface area contributed by atoms with Gasteiger partial charge >= 0.3 is 11.9 Å². The van der Waals surface area contributed by atoms with Gasteiger partial charge in [-0.3, -0.25) is 19.4 Å². The fourth-order valence-electron chi connectivity index (χ4n) is 12.1. The summed E-state index contributed by atoms with van der Waals surface area (Å²) in [7, 11) is 0. The molecule has 4 saturated carbocycles. The maximum absolute atomic E-state index is 13.4. The lowest BCUT2D eigenvalue weighted by Gasteiger charge is -2.72. The van der Waals surface area contributed by atoms with Crippen molar-refractivity contribution in [3.8, 4) is 0 Å². The summed E-state index contributed by atoms with van der Waals surface area (Å²) < 4.78 is 12.7. The third kappa shape index (κ3) is 5.14. The van der Waals surface area contributed by atoms with Crippen molar-refractivity contribution in [2.45, 2.75) is 119 Å². The van der Waals surface area contributed by atoms with Crippen LogP contribution in [0.3, 0.4) is 0 Å². The highest BCUT2D eigenvalue weighted by atomic mass is 35.5. The zero-order valence-electron chi connectivity index (χ0n) is 30.6. The van der Waals surface area contributed by atoms with E-state index in [4.69, 9.17) is 26.1 Å². The van der Waals surface area contributed by atoms with Crippen molar-refractivity contribution in [1.29, 1.82) is 0 Å². The molecule has 5 aliphatic carbocycles. The number of carboxylic acids is 1. The molecule has 6 aliphatic rings. The molecule has 0 amide bonds. The number of ketones is 1. The Hall–Kier alpha value is -3.07. The van der Waals surface area contributed by atoms with Gasteiger partial charge in [-0.2, -0.15) is 0 Å². The second-order valence-corrected chi connectivity index (χ2v) is 18.6. The normalized spacial score (nSPS) is 39.0. The first-order chi connectivity index (χ1) is 23.4. The molecule has 2 heterocycles. The zero-order chi connectivity index (χ0) is 36.1. The number of ether oxygens (including phenoxy) is 2. The fraction of sp³-hybridized carbons (Fsp3) is 0.700. The van der Waals surface area contributed by atoms with E-state index >= 15 is 0 Å². The Balaban J connectivity index is 1.13. The molecule has 1 aromatic rings. The lowest BCUT2D eigenvalue weighted by Crippen LogP contribution is -2.66. The average molecular weight is 706 g/mol. The molecule has 1 aromatic heterocycles. The molecule has 10 heteroatoms. The highest BCUT2D eigenvalue weighted by Gasteiger charge is 2.70. The van der Waals surface area contributed by atoms with Crippen LogP contribution in [0.15, 0.2) is 35.1 Å². The van der Waals surface area contributed by atoms with Crippen LogP contribution < -0.4 is 0 Å². The molecule has 4 fully saturated rings. The molecule has 1 N–H and O–H groups in total. The van der Waals surface area contributed by atoms with Gasteiger partial charge in [0.25, 0.3) is 0 Å². The monoisotopic (exact) mass is 705 g/mol. The van der Waals surface area contributed by atoms with Crippen LogP contribution in [-0.4, -0.2) is 51.3 Å². The highest BCUT2D eigenvalue weighted by molar-refractivity contribution is 6.30. The number of aliphatic carboxylic acids is 1. The Morgan fingerprint density at radius 3 is 2.40 bits per heavy atom. The largest absolute Gasteiger partial charge is 0.481 e. The molecule has 9 nitrogen and oxygen atoms in total. The number of aliphatic imine (C=N–C) groups is 1. The van der Waals surface area contributed by atoms with Gasteiger partial charge in [-0.1, -0.05) is 46.2 Å². The first-order valence-electron chi connectivity index (χ1n) is 18.5. The molecule has 50 heavy (non-hydrogen) atoms. The Morgan fingerprint density at radius 2 is 1.70 bits per heavy atom. The second kappa shape index (κ2) is 11.7. The second-order valence-electron chi connectivity index (χ2n) is 18.2. The molecule has 8 atom stereocenters. The predicted octanol–water partition coefficient (Wildman–Crippen LogP) is 8.27. The topological polar surface area (TPSA) is 128 Å². The van der Waals surface area contributed by atoms with Crippen LogP contribution in [0.2, 0.25) is 5.02 Å². The van der Waals surface area contributed by atoms with Crippen molar-refractivity contribution < 1.29 is 29.0 Å². The number of hydrogen-bond acceptors (Lipinski definition) is 8. The number of fused-ring (bicyclic) bond motifs is 7. The van der Waals surface area contributed by atoms with Gasteiger partial charge in [0.15, 0.2) is 17.4 Å². The van der Waals surface area contributed by atoms with Gasteiger partial charge in [0.1, 0.15) is 6.10 Å². The first kappa shape index (κ1) is 35.3. The Kier molecular flexibility index (Phi) is 8.29. The van der Waals surface area contributed by atoms with Crippen LogP contribution >= 0.6 is 11.6 Å². The summed E-state index contributed by atoms with van der Waals surface area (Å²) in [5, 5.41) is 10.0. The Bertz CT molecular complexity index is 1710. The van der Waals surface area contributed by atoms with Gasteiger partial charge in [-0.05, 0) is 117 Å². The van der Waals surface area contributed by atoms with Gasteiger partial charge in [-0.25, -0.2) is 9.97 Å². The van der Waals surface area contributed by atoms with Gasteiger partial charge in [-0.15, -0.1) is 0 Å². The maximum Gasteiger partial charge on any atom is 0.309 e. The van der Waals surface area contributed by atoms with E-state index in [9.17, 15) is 19.5 Å². The molecule has 0 spiro atoms. The molecular weight excluding hydrogens is 654 g/mol. The number of halogens is 1. The van der Waals surface area contributed by atoms with E-state index in [1.807, 2.05) is 12.2 Å². The summed E-state index contributed by atoms with van der Waals surface area (Å²) in [6.45, 7) is 15.7. The summed E-state index contributed by atoms with van der Waals surface area (Å²) in [6, 6.07) is 0.